The summed E-state index contributed by atoms with van der Waals surface area (Å²) in [4.78, 5) is 0. The highest BCUT2D eigenvalue weighted by atomic mass is 35.5. The van der Waals surface area contributed by atoms with Gasteiger partial charge in [-0.15, -0.1) is 0 Å². The molecule has 0 bridgehead atoms. The molecule has 3 heteroatoms. The number of nitrogens with one attached hydrogen (secondary N) is 1. The number of methoxy groups -OCH3 is 1. The fourth-order valence-electron chi connectivity index (χ4n) is 1.74. The summed E-state index contributed by atoms with van der Waals surface area (Å²) in [5.41, 5.74) is 3.43. The van der Waals surface area contributed by atoms with Crippen LogP contribution in [-0.2, 0) is 17.9 Å². The smallest absolute Gasteiger partial charge is 0.0713 e. The van der Waals surface area contributed by atoms with E-state index >= 15 is 0 Å². The molecule has 0 aliphatic heterocycles. The molecule has 18 heavy (non-hydrogen) atoms. The first kappa shape index (κ1) is 12.9. The standard InChI is InChI=1S/C15H16ClNO/c1-18-11-12-5-7-15(8-6-12)17-10-13-3-2-4-14(16)9-13/h2-9,17H,10-11H2,1H3. The van der Waals surface area contributed by atoms with Crippen LogP contribution >= 0.6 is 11.6 Å². The number of hydrogen-bond donors (Lipinski definition) is 1. The summed E-state index contributed by atoms with van der Waals surface area (Å²) in [6.07, 6.45) is 0. The summed E-state index contributed by atoms with van der Waals surface area (Å²) >= 11 is 5.94. The van der Waals surface area contributed by atoms with Crippen molar-refractivity contribution in [2.24, 2.45) is 0 Å². The van der Waals surface area contributed by atoms with Crippen LogP contribution in [0.2, 0.25) is 5.02 Å². The van der Waals surface area contributed by atoms with Gasteiger partial charge in [-0.1, -0.05) is 35.9 Å². The van der Waals surface area contributed by atoms with Gasteiger partial charge in [-0.3, -0.25) is 0 Å². The molecule has 2 aromatic carbocycles. The average molecular weight is 262 g/mol. The molecule has 2 nitrogen and oxygen atoms in total. The Morgan fingerprint density at radius 3 is 2.50 bits per heavy atom. The monoisotopic (exact) mass is 261 g/mol. The normalized spacial score (nSPS) is 10.3. The number of ether oxygens (including phenoxy) is 1. The van der Waals surface area contributed by atoms with E-state index in [-0.39, 0.29) is 0 Å². The lowest BCUT2D eigenvalue weighted by Gasteiger charge is -2.08. The number of hydrogen-bond acceptors (Lipinski definition) is 2. The molecule has 2 rings (SSSR count). The summed E-state index contributed by atoms with van der Waals surface area (Å²) in [5, 5.41) is 4.13. The molecule has 0 fully saturated rings. The first-order chi connectivity index (χ1) is 8.78. The maximum atomic E-state index is 5.94. The molecule has 0 aliphatic rings. The van der Waals surface area contributed by atoms with Gasteiger partial charge < -0.3 is 10.1 Å². The van der Waals surface area contributed by atoms with E-state index in [0.717, 1.165) is 17.3 Å². The SMILES string of the molecule is COCc1ccc(NCc2cccc(Cl)c2)cc1. The maximum Gasteiger partial charge on any atom is 0.0713 e. The van der Waals surface area contributed by atoms with Gasteiger partial charge in [0.05, 0.1) is 6.61 Å². The van der Waals surface area contributed by atoms with E-state index in [1.807, 2.05) is 18.2 Å². The van der Waals surface area contributed by atoms with Crippen LogP contribution in [0.3, 0.4) is 0 Å². The Balaban J connectivity index is 1.93. The van der Waals surface area contributed by atoms with Gasteiger partial charge in [0, 0.05) is 24.4 Å². The van der Waals surface area contributed by atoms with E-state index < -0.39 is 0 Å². The van der Waals surface area contributed by atoms with Crippen molar-refractivity contribution in [2.75, 3.05) is 12.4 Å². The zero-order chi connectivity index (χ0) is 12.8. The number of anilines is 1. The third-order valence-corrected chi connectivity index (χ3v) is 2.89. The zero-order valence-electron chi connectivity index (χ0n) is 10.3. The van der Waals surface area contributed by atoms with Crippen molar-refractivity contribution in [2.45, 2.75) is 13.2 Å². The third kappa shape index (κ3) is 3.76. The highest BCUT2D eigenvalue weighted by Crippen LogP contribution is 2.14. The molecule has 0 atom stereocenters. The Bertz CT molecular complexity index is 496. The molecule has 0 saturated heterocycles. The van der Waals surface area contributed by atoms with Gasteiger partial charge in [-0.2, -0.15) is 0 Å². The highest BCUT2D eigenvalue weighted by molar-refractivity contribution is 6.30. The molecule has 0 aliphatic carbocycles. The third-order valence-electron chi connectivity index (χ3n) is 2.65. The molecule has 0 saturated carbocycles. The van der Waals surface area contributed by atoms with E-state index in [1.165, 1.54) is 11.1 Å². The minimum atomic E-state index is 0.647. The van der Waals surface area contributed by atoms with Crippen LogP contribution in [0.15, 0.2) is 48.5 Å². The Labute approximate surface area is 113 Å². The molecule has 0 spiro atoms. The first-order valence-corrected chi connectivity index (χ1v) is 6.22. The second kappa shape index (κ2) is 6.43. The molecule has 94 valence electrons. The van der Waals surface area contributed by atoms with Gasteiger partial charge in [0.25, 0.3) is 0 Å². The van der Waals surface area contributed by atoms with Crippen LogP contribution in [0.5, 0.6) is 0 Å². The van der Waals surface area contributed by atoms with Crippen LogP contribution in [0.25, 0.3) is 0 Å². The summed E-state index contributed by atoms with van der Waals surface area (Å²) in [6, 6.07) is 16.1. The quantitative estimate of drug-likeness (QED) is 0.875. The van der Waals surface area contributed by atoms with Crippen molar-refractivity contribution in [3.8, 4) is 0 Å². The molecule has 0 heterocycles. The van der Waals surface area contributed by atoms with Crippen LogP contribution in [-0.4, -0.2) is 7.11 Å². The van der Waals surface area contributed by atoms with E-state index in [2.05, 4.69) is 35.6 Å². The summed E-state index contributed by atoms with van der Waals surface area (Å²) in [6.45, 7) is 1.42. The van der Waals surface area contributed by atoms with Gasteiger partial charge in [0.15, 0.2) is 0 Å². The van der Waals surface area contributed by atoms with Gasteiger partial charge in [0.1, 0.15) is 0 Å². The Morgan fingerprint density at radius 1 is 1.06 bits per heavy atom. The van der Waals surface area contributed by atoms with Crippen molar-refractivity contribution in [1.29, 1.82) is 0 Å². The molecule has 1 N–H and O–H groups in total. The van der Waals surface area contributed by atoms with Gasteiger partial charge in [0.2, 0.25) is 0 Å². The Hall–Kier alpha value is -1.51. The minimum Gasteiger partial charge on any atom is -0.381 e. The summed E-state index contributed by atoms with van der Waals surface area (Å²) < 4.78 is 5.08. The average Bonchev–Trinajstić information content (AvgIpc) is 2.38. The molecule has 2 aromatic rings. The van der Waals surface area contributed by atoms with Crippen LogP contribution in [0.4, 0.5) is 5.69 Å². The highest BCUT2D eigenvalue weighted by Gasteiger charge is 1.96. The fraction of sp³-hybridized carbons (Fsp3) is 0.200. The summed E-state index contributed by atoms with van der Waals surface area (Å²) in [5.74, 6) is 0. The predicted octanol–water partition coefficient (Wildman–Crippen LogP) is 4.10. The topological polar surface area (TPSA) is 21.3 Å². The van der Waals surface area contributed by atoms with Crippen molar-refractivity contribution in [3.05, 3.63) is 64.7 Å². The van der Waals surface area contributed by atoms with E-state index in [1.54, 1.807) is 7.11 Å². The second-order valence-electron chi connectivity index (χ2n) is 4.11. The van der Waals surface area contributed by atoms with Gasteiger partial charge >= 0.3 is 0 Å². The zero-order valence-corrected chi connectivity index (χ0v) is 11.1. The Morgan fingerprint density at radius 2 is 1.83 bits per heavy atom. The van der Waals surface area contributed by atoms with Crippen molar-refractivity contribution < 1.29 is 4.74 Å². The Kier molecular flexibility index (Phi) is 4.62. The first-order valence-electron chi connectivity index (χ1n) is 5.84. The minimum absolute atomic E-state index is 0.647. The molecular formula is C15H16ClNO. The van der Waals surface area contributed by atoms with Crippen LogP contribution in [0.1, 0.15) is 11.1 Å². The second-order valence-corrected chi connectivity index (χ2v) is 4.55. The van der Waals surface area contributed by atoms with E-state index in [4.69, 9.17) is 16.3 Å². The van der Waals surface area contributed by atoms with E-state index in [0.29, 0.717) is 6.61 Å². The molecule has 0 aromatic heterocycles. The number of rotatable bonds is 5. The number of benzene rings is 2. The largest absolute Gasteiger partial charge is 0.381 e. The molecular weight excluding hydrogens is 246 g/mol. The fourth-order valence-corrected chi connectivity index (χ4v) is 1.95. The lowest BCUT2D eigenvalue weighted by molar-refractivity contribution is 0.185. The lowest BCUT2D eigenvalue weighted by atomic mass is 10.2. The number of halogens is 1. The predicted molar refractivity (Wildman–Crippen MR) is 75.9 cm³/mol. The maximum absolute atomic E-state index is 5.94. The van der Waals surface area contributed by atoms with Crippen molar-refractivity contribution >= 4 is 17.3 Å². The van der Waals surface area contributed by atoms with Crippen molar-refractivity contribution in [3.63, 3.8) is 0 Å². The lowest BCUT2D eigenvalue weighted by Crippen LogP contribution is -1.99. The van der Waals surface area contributed by atoms with Gasteiger partial charge in [-0.25, -0.2) is 0 Å². The van der Waals surface area contributed by atoms with Crippen LogP contribution in [0, 0.1) is 0 Å². The molecule has 0 amide bonds. The molecule has 0 radical (unpaired) electrons. The van der Waals surface area contributed by atoms with Crippen molar-refractivity contribution in [1.82, 2.24) is 0 Å². The summed E-state index contributed by atoms with van der Waals surface area (Å²) in [7, 11) is 1.70. The van der Waals surface area contributed by atoms with E-state index in [9.17, 15) is 0 Å². The molecule has 0 unspecified atom stereocenters. The van der Waals surface area contributed by atoms with Crippen LogP contribution < -0.4 is 5.32 Å². The van der Waals surface area contributed by atoms with Gasteiger partial charge in [-0.05, 0) is 35.4 Å².